The first-order chi connectivity index (χ1) is 5.29. The summed E-state index contributed by atoms with van der Waals surface area (Å²) in [6.45, 7) is 0.413. The number of methoxy groups -OCH3 is 1. The fraction of sp³-hybridized carbons (Fsp3) is 0.429. The smallest absolute Gasteiger partial charge is 0.337 e. The lowest BCUT2D eigenvalue weighted by Gasteiger charge is -1.96. The van der Waals surface area contributed by atoms with Gasteiger partial charge in [-0.25, -0.2) is 4.79 Å². The van der Waals surface area contributed by atoms with E-state index in [1.165, 1.54) is 7.11 Å². The molecule has 0 aromatic heterocycles. The Morgan fingerprint density at radius 3 is 3.00 bits per heavy atom. The minimum Gasteiger partial charge on any atom is -0.466 e. The Hall–Kier alpha value is -1.34. The van der Waals surface area contributed by atoms with Gasteiger partial charge in [-0.05, 0) is 0 Å². The van der Waals surface area contributed by atoms with Gasteiger partial charge in [0.2, 0.25) is 0 Å². The molecule has 0 fully saturated rings. The summed E-state index contributed by atoms with van der Waals surface area (Å²) in [6, 6.07) is 1.88. The first-order valence-electron chi connectivity index (χ1n) is 3.07. The number of carbonyl (C=O) groups excluding carboxylic acids is 1. The number of hydrogen-bond donors (Lipinski definition) is 0. The van der Waals surface area contributed by atoms with Gasteiger partial charge in [0.05, 0.1) is 37.5 Å². The van der Waals surface area contributed by atoms with Gasteiger partial charge in [-0.2, -0.15) is 5.26 Å². The zero-order valence-corrected chi connectivity index (χ0v) is 6.09. The first-order valence-corrected chi connectivity index (χ1v) is 3.07. The average molecular weight is 153 g/mol. The highest BCUT2D eigenvalue weighted by Crippen LogP contribution is 2.13. The summed E-state index contributed by atoms with van der Waals surface area (Å²) in [4.78, 5) is 10.9. The average Bonchev–Trinajstić information content (AvgIpc) is 2.50. The molecule has 0 unspecified atom stereocenters. The highest BCUT2D eigenvalue weighted by molar-refractivity contribution is 5.90. The van der Waals surface area contributed by atoms with E-state index in [1.807, 2.05) is 6.07 Å². The van der Waals surface area contributed by atoms with Gasteiger partial charge in [-0.3, -0.25) is 0 Å². The van der Waals surface area contributed by atoms with Gasteiger partial charge in [0.15, 0.2) is 0 Å². The molecule has 0 N–H and O–H groups in total. The molecule has 0 saturated heterocycles. The Morgan fingerprint density at radius 2 is 2.45 bits per heavy atom. The molecule has 0 aromatic rings. The topological polar surface area (TPSA) is 59.3 Å². The normalized spacial score (nSPS) is 16.4. The van der Waals surface area contributed by atoms with Gasteiger partial charge in [0.25, 0.3) is 0 Å². The van der Waals surface area contributed by atoms with E-state index in [0.29, 0.717) is 11.1 Å². The molecule has 4 heteroatoms. The van der Waals surface area contributed by atoms with Gasteiger partial charge >= 0.3 is 5.97 Å². The number of rotatable bonds is 1. The Kier molecular flexibility index (Phi) is 2.24. The third-order valence-corrected chi connectivity index (χ3v) is 1.42. The standard InChI is InChI=1S/C7H7NO3/c1-10-7(9)6-4-11-3-5(6)2-8/h3-4H2,1H3. The monoisotopic (exact) mass is 153 g/mol. The predicted octanol–water partition coefficient (Wildman–Crippen LogP) is 0.00978. The van der Waals surface area contributed by atoms with Crippen LogP contribution in [0, 0.1) is 11.3 Å². The van der Waals surface area contributed by atoms with Crippen molar-refractivity contribution >= 4 is 5.97 Å². The summed E-state index contributed by atoms with van der Waals surface area (Å²) in [5.41, 5.74) is 0.715. The summed E-state index contributed by atoms with van der Waals surface area (Å²) in [7, 11) is 1.28. The van der Waals surface area contributed by atoms with E-state index in [4.69, 9.17) is 10.00 Å². The molecule has 0 aromatic carbocycles. The number of nitriles is 1. The minimum absolute atomic E-state index is 0.190. The van der Waals surface area contributed by atoms with Gasteiger partial charge in [-0.15, -0.1) is 0 Å². The van der Waals surface area contributed by atoms with Crippen LogP contribution in [-0.4, -0.2) is 26.3 Å². The maximum Gasteiger partial charge on any atom is 0.337 e. The van der Waals surface area contributed by atoms with Gasteiger partial charge in [0.1, 0.15) is 0 Å². The molecule has 0 amide bonds. The number of nitrogens with zero attached hydrogens (tertiary/aromatic N) is 1. The highest BCUT2D eigenvalue weighted by atomic mass is 16.5. The maximum atomic E-state index is 10.9. The van der Waals surface area contributed by atoms with Gasteiger partial charge in [-0.1, -0.05) is 0 Å². The first kappa shape index (κ1) is 7.76. The van der Waals surface area contributed by atoms with Crippen LogP contribution in [-0.2, 0) is 14.3 Å². The second-order valence-corrected chi connectivity index (χ2v) is 2.05. The largest absolute Gasteiger partial charge is 0.466 e. The number of ether oxygens (including phenoxy) is 2. The van der Waals surface area contributed by atoms with Crippen LogP contribution >= 0.6 is 0 Å². The van der Waals surface area contributed by atoms with Crippen LogP contribution < -0.4 is 0 Å². The molecule has 0 atom stereocenters. The molecule has 0 radical (unpaired) electrons. The van der Waals surface area contributed by atoms with E-state index in [1.54, 1.807) is 0 Å². The molecule has 1 rings (SSSR count). The molecule has 1 heterocycles. The van der Waals surface area contributed by atoms with E-state index in [-0.39, 0.29) is 13.2 Å². The molecular weight excluding hydrogens is 146 g/mol. The van der Waals surface area contributed by atoms with Gasteiger partial charge in [0, 0.05) is 0 Å². The number of hydrogen-bond acceptors (Lipinski definition) is 4. The van der Waals surface area contributed by atoms with Crippen molar-refractivity contribution in [1.82, 2.24) is 0 Å². The summed E-state index contributed by atoms with van der Waals surface area (Å²) in [6.07, 6.45) is 0. The van der Waals surface area contributed by atoms with Crippen LogP contribution in [0.2, 0.25) is 0 Å². The van der Waals surface area contributed by atoms with Crippen molar-refractivity contribution in [2.75, 3.05) is 20.3 Å². The fourth-order valence-corrected chi connectivity index (χ4v) is 0.834. The zero-order chi connectivity index (χ0) is 8.27. The second kappa shape index (κ2) is 3.17. The molecule has 58 valence electrons. The molecule has 0 bridgehead atoms. The third-order valence-electron chi connectivity index (χ3n) is 1.42. The van der Waals surface area contributed by atoms with E-state index in [9.17, 15) is 4.79 Å². The number of carbonyl (C=O) groups is 1. The fourth-order valence-electron chi connectivity index (χ4n) is 0.834. The van der Waals surface area contributed by atoms with Crippen LogP contribution in [0.4, 0.5) is 0 Å². The van der Waals surface area contributed by atoms with Crippen LogP contribution in [0.15, 0.2) is 11.1 Å². The molecule has 1 aliphatic rings. The Morgan fingerprint density at radius 1 is 1.73 bits per heavy atom. The van der Waals surface area contributed by atoms with E-state index >= 15 is 0 Å². The Balaban J connectivity index is 2.85. The van der Waals surface area contributed by atoms with Crippen molar-refractivity contribution < 1.29 is 14.3 Å². The van der Waals surface area contributed by atoms with E-state index in [2.05, 4.69) is 4.74 Å². The number of esters is 1. The quantitative estimate of drug-likeness (QED) is 0.498. The zero-order valence-electron chi connectivity index (χ0n) is 6.09. The SMILES string of the molecule is COC(=O)C1=C(C#N)COC1. The summed E-state index contributed by atoms with van der Waals surface area (Å²) < 4.78 is 9.32. The maximum absolute atomic E-state index is 10.9. The van der Waals surface area contributed by atoms with Gasteiger partial charge < -0.3 is 9.47 Å². The van der Waals surface area contributed by atoms with Crippen molar-refractivity contribution in [2.45, 2.75) is 0 Å². The van der Waals surface area contributed by atoms with Crippen molar-refractivity contribution in [1.29, 1.82) is 5.26 Å². The minimum atomic E-state index is -0.473. The van der Waals surface area contributed by atoms with Crippen LogP contribution in [0.25, 0.3) is 0 Å². The van der Waals surface area contributed by atoms with E-state index < -0.39 is 5.97 Å². The Labute approximate surface area is 64.0 Å². The summed E-state index contributed by atoms with van der Waals surface area (Å²) >= 11 is 0. The lowest BCUT2D eigenvalue weighted by molar-refractivity contribution is -0.136. The van der Waals surface area contributed by atoms with Crippen molar-refractivity contribution in [3.8, 4) is 6.07 Å². The Bertz CT molecular complexity index is 249. The molecule has 1 aliphatic heterocycles. The molecule has 11 heavy (non-hydrogen) atoms. The third kappa shape index (κ3) is 1.38. The molecular formula is C7H7NO3. The van der Waals surface area contributed by atoms with Crippen molar-refractivity contribution in [3.05, 3.63) is 11.1 Å². The van der Waals surface area contributed by atoms with Crippen molar-refractivity contribution in [2.24, 2.45) is 0 Å². The van der Waals surface area contributed by atoms with Crippen LogP contribution in [0.5, 0.6) is 0 Å². The predicted molar refractivity (Wildman–Crippen MR) is 35.5 cm³/mol. The lowest BCUT2D eigenvalue weighted by atomic mass is 10.2. The van der Waals surface area contributed by atoms with Crippen molar-refractivity contribution in [3.63, 3.8) is 0 Å². The molecule has 4 nitrogen and oxygen atoms in total. The van der Waals surface area contributed by atoms with Crippen LogP contribution in [0.3, 0.4) is 0 Å². The molecule has 0 aliphatic carbocycles. The molecule has 0 saturated carbocycles. The second-order valence-electron chi connectivity index (χ2n) is 2.05. The highest BCUT2D eigenvalue weighted by Gasteiger charge is 2.21. The lowest BCUT2D eigenvalue weighted by Crippen LogP contribution is -2.06. The summed E-state index contributed by atoms with van der Waals surface area (Å²) in [5, 5.41) is 8.49. The van der Waals surface area contributed by atoms with Crippen LogP contribution in [0.1, 0.15) is 0 Å². The van der Waals surface area contributed by atoms with E-state index in [0.717, 1.165) is 0 Å². The summed E-state index contributed by atoms with van der Waals surface area (Å²) in [5.74, 6) is -0.473. The molecule has 0 spiro atoms.